The molecule has 2 heterocycles. The van der Waals surface area contributed by atoms with Gasteiger partial charge in [0.15, 0.2) is 10.1 Å². The number of ether oxygens (including phenoxy) is 2. The molecule has 0 spiro atoms. The Morgan fingerprint density at radius 3 is 2.84 bits per heavy atom. The minimum absolute atomic E-state index is 0.167. The Balaban J connectivity index is 1.45. The fraction of sp³-hybridized carbons (Fsp3) is 0.238. The number of amides is 1. The Labute approximate surface area is 187 Å². The highest BCUT2D eigenvalue weighted by molar-refractivity contribution is 7.22. The lowest BCUT2D eigenvalue weighted by Gasteiger charge is -2.10. The molecule has 0 radical (unpaired) electrons. The van der Waals surface area contributed by atoms with Crippen LogP contribution in [0, 0.1) is 6.92 Å². The number of anilines is 2. The van der Waals surface area contributed by atoms with E-state index in [2.05, 4.69) is 20.5 Å². The lowest BCUT2D eigenvalue weighted by atomic mass is 10.1. The van der Waals surface area contributed by atoms with Gasteiger partial charge in [-0.15, -0.1) is 10.2 Å². The average Bonchev–Trinajstić information content (AvgIpc) is 3.33. The van der Waals surface area contributed by atoms with Gasteiger partial charge in [-0.25, -0.2) is 4.98 Å². The van der Waals surface area contributed by atoms with Crippen LogP contribution in [0.3, 0.4) is 0 Å². The number of hydrogen-bond acceptors (Lipinski definition) is 9. The van der Waals surface area contributed by atoms with E-state index in [1.807, 2.05) is 43.3 Å². The van der Waals surface area contributed by atoms with Crippen LogP contribution < -0.4 is 15.8 Å². The van der Waals surface area contributed by atoms with Crippen LogP contribution in [0.15, 0.2) is 36.4 Å². The minimum atomic E-state index is -0.167. The number of aromatic nitrogens is 3. The molecule has 2 aromatic heterocycles. The zero-order valence-corrected chi connectivity index (χ0v) is 18.7. The first-order valence-electron chi connectivity index (χ1n) is 9.53. The van der Waals surface area contributed by atoms with Crippen LogP contribution in [0.1, 0.15) is 11.1 Å². The number of nitrogens with two attached hydrogens (primary N) is 1. The maximum atomic E-state index is 12.5. The Bertz CT molecular complexity index is 1220. The van der Waals surface area contributed by atoms with Gasteiger partial charge in [0, 0.05) is 7.11 Å². The first-order chi connectivity index (χ1) is 15.0. The molecule has 3 N–H and O–H groups in total. The maximum Gasteiger partial charge on any atom is 0.230 e. The van der Waals surface area contributed by atoms with Crippen molar-refractivity contribution in [1.82, 2.24) is 15.2 Å². The van der Waals surface area contributed by atoms with Gasteiger partial charge in [0.2, 0.25) is 11.0 Å². The van der Waals surface area contributed by atoms with Crippen molar-refractivity contribution < 1.29 is 14.3 Å². The van der Waals surface area contributed by atoms with E-state index in [4.69, 9.17) is 15.2 Å². The van der Waals surface area contributed by atoms with Crippen molar-refractivity contribution in [3.8, 4) is 16.3 Å². The summed E-state index contributed by atoms with van der Waals surface area (Å²) in [6.07, 6.45) is 0.221. The molecule has 0 unspecified atom stereocenters. The van der Waals surface area contributed by atoms with Gasteiger partial charge in [-0.3, -0.25) is 4.79 Å². The summed E-state index contributed by atoms with van der Waals surface area (Å²) in [5.74, 6) is 0.545. The van der Waals surface area contributed by atoms with E-state index < -0.39 is 0 Å². The van der Waals surface area contributed by atoms with Crippen molar-refractivity contribution in [1.29, 1.82) is 0 Å². The fourth-order valence-electron chi connectivity index (χ4n) is 2.99. The quantitative estimate of drug-likeness (QED) is 0.387. The molecule has 160 valence electrons. The third-order valence-electron chi connectivity index (χ3n) is 4.42. The normalized spacial score (nSPS) is 11.0. The van der Waals surface area contributed by atoms with E-state index in [-0.39, 0.29) is 12.3 Å². The molecule has 0 atom stereocenters. The molecule has 10 heteroatoms. The molecule has 0 saturated carbocycles. The summed E-state index contributed by atoms with van der Waals surface area (Å²) in [4.78, 5) is 16.7. The standard InChI is InChI=1S/C21H21N5O3S2/c1-12-3-5-14(16(9-12)29-8-7-28-2)19-25-26-21(31-19)24-18(27)11-13-4-6-15-17(10-13)30-20(22)23-15/h3-6,9-10H,7-8,11H2,1-2H3,(H2,22,23)(H,24,26,27). The average molecular weight is 456 g/mol. The van der Waals surface area contributed by atoms with Crippen molar-refractivity contribution in [2.24, 2.45) is 0 Å². The number of benzene rings is 2. The predicted octanol–water partition coefficient (Wildman–Crippen LogP) is 3.91. The summed E-state index contributed by atoms with van der Waals surface area (Å²) in [6, 6.07) is 11.6. The van der Waals surface area contributed by atoms with E-state index in [9.17, 15) is 4.79 Å². The van der Waals surface area contributed by atoms with Crippen molar-refractivity contribution in [2.45, 2.75) is 13.3 Å². The zero-order valence-electron chi connectivity index (χ0n) is 17.0. The van der Waals surface area contributed by atoms with E-state index in [0.717, 1.165) is 26.9 Å². The summed E-state index contributed by atoms with van der Waals surface area (Å²) < 4.78 is 11.8. The van der Waals surface area contributed by atoms with Crippen LogP contribution in [0.4, 0.5) is 10.3 Å². The first kappa shape index (κ1) is 21.2. The third kappa shape index (κ3) is 5.16. The summed E-state index contributed by atoms with van der Waals surface area (Å²) in [6.45, 7) is 2.92. The van der Waals surface area contributed by atoms with Gasteiger partial charge in [-0.1, -0.05) is 34.8 Å². The van der Waals surface area contributed by atoms with Gasteiger partial charge in [-0.2, -0.15) is 0 Å². The van der Waals surface area contributed by atoms with Gasteiger partial charge in [0.05, 0.1) is 28.8 Å². The molecule has 8 nitrogen and oxygen atoms in total. The summed E-state index contributed by atoms with van der Waals surface area (Å²) >= 11 is 2.70. The monoisotopic (exact) mass is 455 g/mol. The number of nitrogens with one attached hydrogen (secondary N) is 1. The molecule has 0 aliphatic rings. The van der Waals surface area contributed by atoms with Crippen LogP contribution in [0.25, 0.3) is 20.8 Å². The van der Waals surface area contributed by atoms with Gasteiger partial charge in [0.25, 0.3) is 0 Å². The highest BCUT2D eigenvalue weighted by atomic mass is 32.1. The number of carbonyl (C=O) groups excluding carboxylic acids is 1. The molecule has 0 aliphatic heterocycles. The molecule has 0 saturated heterocycles. The molecular formula is C21H21N5O3S2. The fourth-order valence-corrected chi connectivity index (χ4v) is 4.58. The molecule has 2 aromatic carbocycles. The second-order valence-corrected chi connectivity index (χ2v) is 8.87. The van der Waals surface area contributed by atoms with Crippen LogP contribution >= 0.6 is 22.7 Å². The molecule has 4 rings (SSSR count). The lowest BCUT2D eigenvalue weighted by molar-refractivity contribution is -0.115. The highest BCUT2D eigenvalue weighted by Crippen LogP contribution is 2.34. The largest absolute Gasteiger partial charge is 0.490 e. The maximum absolute atomic E-state index is 12.5. The number of thiazole rings is 1. The molecule has 0 aliphatic carbocycles. The van der Waals surface area contributed by atoms with Crippen LogP contribution in [-0.2, 0) is 16.0 Å². The van der Waals surface area contributed by atoms with Gasteiger partial charge in [0.1, 0.15) is 12.4 Å². The van der Waals surface area contributed by atoms with Crippen LogP contribution in [-0.4, -0.2) is 41.4 Å². The molecule has 31 heavy (non-hydrogen) atoms. The van der Waals surface area contributed by atoms with Crippen molar-refractivity contribution in [3.63, 3.8) is 0 Å². The summed E-state index contributed by atoms with van der Waals surface area (Å²) in [5.41, 5.74) is 9.37. The number of hydrogen-bond donors (Lipinski definition) is 2. The minimum Gasteiger partial charge on any atom is -0.490 e. The Kier molecular flexibility index (Phi) is 6.40. The van der Waals surface area contributed by atoms with Gasteiger partial charge < -0.3 is 20.5 Å². The first-order valence-corrected chi connectivity index (χ1v) is 11.2. The Morgan fingerprint density at radius 1 is 1.13 bits per heavy atom. The van der Waals surface area contributed by atoms with Gasteiger partial charge in [-0.05, 0) is 42.3 Å². The number of aryl methyl sites for hydroxylation is 1. The third-order valence-corrected chi connectivity index (χ3v) is 6.14. The molecule has 0 fully saturated rings. The molecule has 1 amide bonds. The number of carbonyl (C=O) groups is 1. The van der Waals surface area contributed by atoms with E-state index in [1.165, 1.54) is 22.7 Å². The van der Waals surface area contributed by atoms with E-state index >= 15 is 0 Å². The van der Waals surface area contributed by atoms with Gasteiger partial charge >= 0.3 is 0 Å². The number of rotatable bonds is 8. The van der Waals surface area contributed by atoms with E-state index in [1.54, 1.807) is 7.11 Å². The smallest absolute Gasteiger partial charge is 0.230 e. The number of methoxy groups -OCH3 is 1. The van der Waals surface area contributed by atoms with Crippen molar-refractivity contribution in [3.05, 3.63) is 47.5 Å². The predicted molar refractivity (Wildman–Crippen MR) is 124 cm³/mol. The van der Waals surface area contributed by atoms with Crippen molar-refractivity contribution in [2.75, 3.05) is 31.4 Å². The second-order valence-electron chi connectivity index (χ2n) is 6.83. The zero-order chi connectivity index (χ0) is 21.8. The Hall–Kier alpha value is -3.08. The second kappa shape index (κ2) is 9.38. The van der Waals surface area contributed by atoms with Crippen molar-refractivity contribution >= 4 is 49.1 Å². The van der Waals surface area contributed by atoms with E-state index in [0.29, 0.717) is 34.2 Å². The Morgan fingerprint density at radius 2 is 2.00 bits per heavy atom. The molecule has 4 aromatic rings. The highest BCUT2D eigenvalue weighted by Gasteiger charge is 2.15. The number of nitrogens with zero attached hydrogens (tertiary/aromatic N) is 3. The number of fused-ring (bicyclic) bond motifs is 1. The summed E-state index contributed by atoms with van der Waals surface area (Å²) in [5, 5.41) is 12.8. The number of nitrogen functional groups attached to an aromatic ring is 1. The SMILES string of the molecule is COCCOc1cc(C)ccc1-c1nnc(NC(=O)Cc2ccc3nc(N)sc3c2)s1. The summed E-state index contributed by atoms with van der Waals surface area (Å²) in [7, 11) is 1.63. The molecule has 0 bridgehead atoms. The van der Waals surface area contributed by atoms with Crippen LogP contribution in [0.5, 0.6) is 5.75 Å². The lowest BCUT2D eigenvalue weighted by Crippen LogP contribution is -2.14. The molecular weight excluding hydrogens is 434 g/mol. The topological polar surface area (TPSA) is 112 Å². The van der Waals surface area contributed by atoms with Crippen LogP contribution in [0.2, 0.25) is 0 Å².